The minimum atomic E-state index is -0.751. The second-order valence-electron chi connectivity index (χ2n) is 4.53. The van der Waals surface area contributed by atoms with Crippen molar-refractivity contribution in [2.75, 3.05) is 13.1 Å². The molecule has 0 aliphatic carbocycles. The highest BCUT2D eigenvalue weighted by molar-refractivity contribution is 5.73. The van der Waals surface area contributed by atoms with E-state index in [1.807, 2.05) is 6.92 Å². The highest BCUT2D eigenvalue weighted by Crippen LogP contribution is 2.14. The number of carbonyl (C=O) groups is 2. The van der Waals surface area contributed by atoms with Crippen molar-refractivity contribution in [3.05, 3.63) is 0 Å². The third-order valence-corrected chi connectivity index (χ3v) is 3.00. The summed E-state index contributed by atoms with van der Waals surface area (Å²) in [5.74, 6) is -0.379. The van der Waals surface area contributed by atoms with Gasteiger partial charge in [0, 0.05) is 19.5 Å². The van der Waals surface area contributed by atoms with Crippen LogP contribution in [0.15, 0.2) is 0 Å². The van der Waals surface area contributed by atoms with Gasteiger partial charge < -0.3 is 15.7 Å². The quantitative estimate of drug-likeness (QED) is 0.526. The molecule has 106 valence electrons. The third kappa shape index (κ3) is 9.93. The minimum Gasteiger partial charge on any atom is -0.481 e. The average Bonchev–Trinajstić information content (AvgIpc) is 2.33. The first kappa shape index (κ1) is 16.7. The summed E-state index contributed by atoms with van der Waals surface area (Å²) in [5.41, 5.74) is 0. The Hall–Kier alpha value is -1.26. The Morgan fingerprint density at radius 3 is 2.33 bits per heavy atom. The van der Waals surface area contributed by atoms with Gasteiger partial charge in [-0.05, 0) is 25.2 Å². The zero-order chi connectivity index (χ0) is 13.8. The second-order valence-corrected chi connectivity index (χ2v) is 4.53. The van der Waals surface area contributed by atoms with Crippen LogP contribution in [0, 0.1) is 5.92 Å². The van der Waals surface area contributed by atoms with Gasteiger partial charge in [0.2, 0.25) is 0 Å². The molecule has 18 heavy (non-hydrogen) atoms. The number of hydrogen-bond donors (Lipinski definition) is 3. The molecule has 0 heterocycles. The number of unbranched alkanes of at least 4 members (excludes halogenated alkanes) is 1. The van der Waals surface area contributed by atoms with Gasteiger partial charge in [0.15, 0.2) is 0 Å². The molecule has 2 amide bonds. The molecule has 3 N–H and O–H groups in total. The maximum Gasteiger partial charge on any atom is 0.314 e. The van der Waals surface area contributed by atoms with Gasteiger partial charge in [-0.3, -0.25) is 4.79 Å². The Kier molecular flexibility index (Phi) is 10.1. The van der Waals surface area contributed by atoms with Crippen LogP contribution in [0.25, 0.3) is 0 Å². The number of carboxylic acids is 1. The number of urea groups is 1. The molecule has 1 unspecified atom stereocenters. The second kappa shape index (κ2) is 10.9. The van der Waals surface area contributed by atoms with Crippen molar-refractivity contribution in [1.82, 2.24) is 10.6 Å². The maximum atomic E-state index is 11.3. The van der Waals surface area contributed by atoms with Crippen molar-refractivity contribution in [3.8, 4) is 0 Å². The molecule has 0 aliphatic heterocycles. The monoisotopic (exact) mass is 258 g/mol. The van der Waals surface area contributed by atoms with E-state index < -0.39 is 5.97 Å². The zero-order valence-corrected chi connectivity index (χ0v) is 11.5. The molecule has 0 saturated heterocycles. The van der Waals surface area contributed by atoms with Gasteiger partial charge >= 0.3 is 12.0 Å². The number of amides is 2. The van der Waals surface area contributed by atoms with E-state index in [9.17, 15) is 9.59 Å². The van der Waals surface area contributed by atoms with Gasteiger partial charge in [-0.2, -0.15) is 0 Å². The average molecular weight is 258 g/mol. The Bertz CT molecular complexity index is 244. The first-order chi connectivity index (χ1) is 8.60. The summed E-state index contributed by atoms with van der Waals surface area (Å²) in [6.07, 6.45) is 4.74. The number of carbonyl (C=O) groups excluding carboxylic acids is 1. The van der Waals surface area contributed by atoms with Crippen LogP contribution in [0.5, 0.6) is 0 Å². The van der Waals surface area contributed by atoms with Crippen molar-refractivity contribution in [2.45, 2.75) is 52.4 Å². The highest BCUT2D eigenvalue weighted by Gasteiger charge is 2.09. The third-order valence-electron chi connectivity index (χ3n) is 3.00. The first-order valence-electron chi connectivity index (χ1n) is 6.83. The highest BCUT2D eigenvalue weighted by atomic mass is 16.4. The molecule has 0 aliphatic rings. The van der Waals surface area contributed by atoms with Crippen molar-refractivity contribution in [2.24, 2.45) is 5.92 Å². The van der Waals surface area contributed by atoms with Crippen molar-refractivity contribution in [1.29, 1.82) is 0 Å². The molecule has 0 aromatic heterocycles. The predicted octanol–water partition coefficient (Wildman–Crippen LogP) is 2.37. The Balaban J connectivity index is 3.59. The van der Waals surface area contributed by atoms with Crippen LogP contribution in [0.3, 0.4) is 0 Å². The van der Waals surface area contributed by atoms with E-state index in [1.54, 1.807) is 0 Å². The van der Waals surface area contributed by atoms with Crippen LogP contribution in [0.2, 0.25) is 0 Å². The van der Waals surface area contributed by atoms with Crippen LogP contribution in [0.4, 0.5) is 4.79 Å². The van der Waals surface area contributed by atoms with E-state index >= 15 is 0 Å². The zero-order valence-electron chi connectivity index (χ0n) is 11.5. The lowest BCUT2D eigenvalue weighted by Crippen LogP contribution is -2.37. The normalized spacial score (nSPS) is 11.9. The molecule has 0 aromatic rings. The standard InChI is InChI=1S/C13H26N2O3/c1-3-5-9-14-13(18)15-10-8-11(4-2)6-7-12(16)17/h11H,3-10H2,1-2H3,(H,16,17)(H2,14,15,18). The predicted molar refractivity (Wildman–Crippen MR) is 71.6 cm³/mol. The molecule has 0 rings (SSSR count). The van der Waals surface area contributed by atoms with Crippen molar-refractivity contribution < 1.29 is 14.7 Å². The van der Waals surface area contributed by atoms with E-state index in [1.165, 1.54) is 0 Å². The lowest BCUT2D eigenvalue weighted by Gasteiger charge is -2.14. The molecular weight excluding hydrogens is 232 g/mol. The minimum absolute atomic E-state index is 0.128. The lowest BCUT2D eigenvalue weighted by molar-refractivity contribution is -0.137. The van der Waals surface area contributed by atoms with Gasteiger partial charge in [0.05, 0.1) is 0 Å². The Morgan fingerprint density at radius 2 is 1.78 bits per heavy atom. The molecule has 5 nitrogen and oxygen atoms in total. The van der Waals surface area contributed by atoms with E-state index in [0.717, 1.165) is 25.7 Å². The van der Waals surface area contributed by atoms with Gasteiger partial charge in [-0.25, -0.2) is 4.79 Å². The summed E-state index contributed by atoms with van der Waals surface area (Å²) >= 11 is 0. The summed E-state index contributed by atoms with van der Waals surface area (Å²) in [5, 5.41) is 14.2. The molecule has 0 spiro atoms. The lowest BCUT2D eigenvalue weighted by atomic mass is 9.97. The molecule has 0 saturated carbocycles. The fourth-order valence-corrected chi connectivity index (χ4v) is 1.71. The van der Waals surface area contributed by atoms with Crippen LogP contribution < -0.4 is 10.6 Å². The van der Waals surface area contributed by atoms with Crippen LogP contribution >= 0.6 is 0 Å². The number of nitrogens with one attached hydrogen (secondary N) is 2. The summed E-state index contributed by atoms with van der Waals surface area (Å²) in [6.45, 7) is 5.44. The first-order valence-corrected chi connectivity index (χ1v) is 6.83. The van der Waals surface area contributed by atoms with E-state index in [2.05, 4.69) is 17.6 Å². The van der Waals surface area contributed by atoms with E-state index in [0.29, 0.717) is 25.4 Å². The smallest absolute Gasteiger partial charge is 0.314 e. The largest absolute Gasteiger partial charge is 0.481 e. The number of rotatable bonds is 10. The fraction of sp³-hybridized carbons (Fsp3) is 0.846. The van der Waals surface area contributed by atoms with Gasteiger partial charge in [-0.1, -0.05) is 26.7 Å². The molecule has 0 radical (unpaired) electrons. The molecule has 0 fully saturated rings. The van der Waals surface area contributed by atoms with Gasteiger partial charge in [0.1, 0.15) is 0 Å². The Morgan fingerprint density at radius 1 is 1.11 bits per heavy atom. The summed E-state index contributed by atoms with van der Waals surface area (Å²) in [6, 6.07) is -0.128. The molecule has 0 bridgehead atoms. The van der Waals surface area contributed by atoms with Crippen LogP contribution in [0.1, 0.15) is 52.4 Å². The topological polar surface area (TPSA) is 78.4 Å². The molecule has 1 atom stereocenters. The molecular formula is C13H26N2O3. The van der Waals surface area contributed by atoms with Crippen molar-refractivity contribution in [3.63, 3.8) is 0 Å². The van der Waals surface area contributed by atoms with Crippen LogP contribution in [-0.2, 0) is 4.79 Å². The molecule has 5 heteroatoms. The Labute approximate surface area is 109 Å². The number of hydrogen-bond acceptors (Lipinski definition) is 2. The fourth-order valence-electron chi connectivity index (χ4n) is 1.71. The van der Waals surface area contributed by atoms with E-state index in [4.69, 9.17) is 5.11 Å². The number of aliphatic carboxylic acids is 1. The van der Waals surface area contributed by atoms with Gasteiger partial charge in [-0.15, -0.1) is 0 Å². The SMILES string of the molecule is CCCCNC(=O)NCCC(CC)CCC(=O)O. The van der Waals surface area contributed by atoms with Crippen molar-refractivity contribution >= 4 is 12.0 Å². The van der Waals surface area contributed by atoms with E-state index in [-0.39, 0.29) is 12.5 Å². The number of carboxylic acid groups (broad SMARTS) is 1. The van der Waals surface area contributed by atoms with Crippen LogP contribution in [-0.4, -0.2) is 30.2 Å². The molecule has 0 aromatic carbocycles. The summed E-state index contributed by atoms with van der Waals surface area (Å²) < 4.78 is 0. The van der Waals surface area contributed by atoms with Gasteiger partial charge in [0.25, 0.3) is 0 Å². The summed E-state index contributed by atoms with van der Waals surface area (Å²) in [7, 11) is 0. The summed E-state index contributed by atoms with van der Waals surface area (Å²) in [4.78, 5) is 21.8. The maximum absolute atomic E-state index is 11.3.